The van der Waals surface area contributed by atoms with Crippen LogP contribution in [0.3, 0.4) is 0 Å². The van der Waals surface area contributed by atoms with Crippen molar-refractivity contribution < 1.29 is 14.7 Å². The quantitative estimate of drug-likeness (QED) is 0.564. The third-order valence-electron chi connectivity index (χ3n) is 2.76. The Morgan fingerprint density at radius 2 is 1.60 bits per heavy atom. The minimum absolute atomic E-state index is 0.369. The molecule has 1 unspecified atom stereocenters. The summed E-state index contributed by atoms with van der Waals surface area (Å²) < 4.78 is 0. The predicted octanol–water partition coefficient (Wildman–Crippen LogP) is 1.99. The van der Waals surface area contributed by atoms with Crippen LogP contribution in [0.25, 0.3) is 11.1 Å². The standard InChI is InChI=1S/C10H11NO3.C6H4/c1-7(12)11-10(14)9(13)8-5-3-2-4-6-8;1-2-5-4-6(5)3-1/h2-6,10,14H,1H3,(H,11,12);1-4H. The number of aliphatic hydroxyl groups excluding tert-OH is 1. The summed E-state index contributed by atoms with van der Waals surface area (Å²) in [6.45, 7) is 1.24. The van der Waals surface area contributed by atoms with E-state index in [9.17, 15) is 14.7 Å². The Labute approximate surface area is 117 Å². The molecular formula is C16H15NO3. The molecule has 4 nitrogen and oxygen atoms in total. The molecule has 1 aromatic rings. The van der Waals surface area contributed by atoms with Crippen molar-refractivity contribution in [2.75, 3.05) is 0 Å². The number of carbonyl (C=O) groups excluding carboxylic acids is 2. The van der Waals surface area contributed by atoms with E-state index >= 15 is 0 Å². The van der Waals surface area contributed by atoms with Gasteiger partial charge in [-0.1, -0.05) is 48.5 Å². The van der Waals surface area contributed by atoms with Gasteiger partial charge in [0.2, 0.25) is 11.7 Å². The summed E-state index contributed by atoms with van der Waals surface area (Å²) >= 11 is 0. The van der Waals surface area contributed by atoms with Crippen LogP contribution in [-0.2, 0) is 4.79 Å². The fourth-order valence-electron chi connectivity index (χ4n) is 1.69. The first-order valence-electron chi connectivity index (χ1n) is 6.23. The van der Waals surface area contributed by atoms with Gasteiger partial charge < -0.3 is 10.4 Å². The van der Waals surface area contributed by atoms with Gasteiger partial charge >= 0.3 is 0 Å². The van der Waals surface area contributed by atoms with Gasteiger partial charge in [-0.3, -0.25) is 9.59 Å². The van der Waals surface area contributed by atoms with Gasteiger partial charge in [-0.05, 0) is 17.2 Å². The van der Waals surface area contributed by atoms with Crippen molar-refractivity contribution in [3.8, 4) is 11.1 Å². The lowest BCUT2D eigenvalue weighted by Gasteiger charge is -2.09. The lowest BCUT2D eigenvalue weighted by Crippen LogP contribution is -2.39. The van der Waals surface area contributed by atoms with Gasteiger partial charge in [-0.25, -0.2) is 0 Å². The van der Waals surface area contributed by atoms with E-state index < -0.39 is 17.9 Å². The number of rotatable bonds is 3. The van der Waals surface area contributed by atoms with Gasteiger partial charge in [0.1, 0.15) is 0 Å². The van der Waals surface area contributed by atoms with Crippen LogP contribution < -0.4 is 5.32 Å². The molecule has 1 amide bonds. The second-order valence-electron chi connectivity index (χ2n) is 4.41. The van der Waals surface area contributed by atoms with E-state index in [1.54, 1.807) is 30.3 Å². The van der Waals surface area contributed by atoms with Crippen molar-refractivity contribution in [1.29, 1.82) is 0 Å². The molecule has 1 aromatic carbocycles. The van der Waals surface area contributed by atoms with Crippen molar-refractivity contribution in [2.24, 2.45) is 0 Å². The minimum atomic E-state index is -1.46. The topological polar surface area (TPSA) is 66.4 Å². The molecule has 3 rings (SSSR count). The molecular weight excluding hydrogens is 254 g/mol. The van der Waals surface area contributed by atoms with Gasteiger partial charge in [0.05, 0.1) is 0 Å². The lowest BCUT2D eigenvalue weighted by atomic mass is 10.1. The molecule has 1 atom stereocenters. The van der Waals surface area contributed by atoms with Crippen molar-refractivity contribution in [3.05, 3.63) is 60.2 Å². The second-order valence-corrected chi connectivity index (χ2v) is 4.41. The molecule has 0 aliphatic heterocycles. The van der Waals surface area contributed by atoms with Gasteiger partial charge in [0, 0.05) is 12.5 Å². The summed E-state index contributed by atoms with van der Waals surface area (Å²) in [6.07, 6.45) is -1.46. The predicted molar refractivity (Wildman–Crippen MR) is 76.0 cm³/mol. The zero-order valence-electron chi connectivity index (χ0n) is 11.0. The number of hydrogen-bond acceptors (Lipinski definition) is 3. The fraction of sp³-hybridized carbons (Fsp3) is 0.125. The van der Waals surface area contributed by atoms with E-state index in [4.69, 9.17) is 0 Å². The number of amides is 1. The molecule has 0 radical (unpaired) electrons. The van der Waals surface area contributed by atoms with E-state index in [1.165, 1.54) is 18.1 Å². The molecule has 2 N–H and O–H groups in total. The summed E-state index contributed by atoms with van der Waals surface area (Å²) in [6, 6.07) is 16.8. The molecule has 2 aliphatic carbocycles. The number of aliphatic hydroxyl groups is 1. The van der Waals surface area contributed by atoms with E-state index in [0.29, 0.717) is 5.56 Å². The summed E-state index contributed by atoms with van der Waals surface area (Å²) in [4.78, 5) is 22.0. The number of fused-ring (bicyclic) bond motifs is 1. The monoisotopic (exact) mass is 269 g/mol. The number of hydrogen-bond donors (Lipinski definition) is 2. The molecule has 0 saturated heterocycles. The van der Waals surface area contributed by atoms with Crippen molar-refractivity contribution in [2.45, 2.75) is 13.2 Å². The van der Waals surface area contributed by atoms with Crippen LogP contribution in [0.2, 0.25) is 0 Å². The average molecular weight is 269 g/mol. The Hall–Kier alpha value is -2.46. The number of benzene rings is 2. The highest BCUT2D eigenvalue weighted by Gasteiger charge is 2.16. The maximum absolute atomic E-state index is 11.4. The molecule has 102 valence electrons. The van der Waals surface area contributed by atoms with Crippen LogP contribution in [0.1, 0.15) is 17.3 Å². The number of nitrogens with one attached hydrogen (secondary N) is 1. The molecule has 2 aliphatic rings. The smallest absolute Gasteiger partial charge is 0.219 e. The lowest BCUT2D eigenvalue weighted by molar-refractivity contribution is -0.121. The molecule has 0 bridgehead atoms. The molecule has 20 heavy (non-hydrogen) atoms. The van der Waals surface area contributed by atoms with Gasteiger partial charge in [0.25, 0.3) is 0 Å². The van der Waals surface area contributed by atoms with E-state index in [-0.39, 0.29) is 0 Å². The van der Waals surface area contributed by atoms with Crippen molar-refractivity contribution >= 4 is 11.7 Å². The highest BCUT2D eigenvalue weighted by molar-refractivity contribution is 6.00. The van der Waals surface area contributed by atoms with Gasteiger partial charge in [0.15, 0.2) is 6.23 Å². The number of carbonyl (C=O) groups is 2. The Bertz CT molecular complexity index is 605. The van der Waals surface area contributed by atoms with Crippen LogP contribution in [0.15, 0.2) is 54.6 Å². The number of ketones is 1. The van der Waals surface area contributed by atoms with E-state index in [0.717, 1.165) is 0 Å². The SMILES string of the molecule is CC(=O)NC(O)C(=O)c1ccccc1.c1cc2cc-2c1. The summed E-state index contributed by atoms with van der Waals surface area (Å²) in [7, 11) is 0. The first-order valence-corrected chi connectivity index (χ1v) is 6.23. The van der Waals surface area contributed by atoms with Crippen LogP contribution in [0.5, 0.6) is 0 Å². The first kappa shape index (κ1) is 14.0. The molecule has 0 spiro atoms. The van der Waals surface area contributed by atoms with Crippen LogP contribution >= 0.6 is 0 Å². The molecule has 0 aromatic heterocycles. The van der Waals surface area contributed by atoms with Gasteiger partial charge in [-0.2, -0.15) is 0 Å². The number of Topliss-reactive ketones (excluding diaryl/α,β-unsaturated/α-hetero) is 1. The Balaban J connectivity index is 0.000000198. The summed E-state index contributed by atoms with van der Waals surface area (Å²) in [5.74, 6) is -0.956. The van der Waals surface area contributed by atoms with Crippen LogP contribution in [0.4, 0.5) is 0 Å². The average Bonchev–Trinajstić information content (AvgIpc) is 3.05. The zero-order valence-corrected chi connectivity index (χ0v) is 11.0. The zero-order chi connectivity index (χ0) is 14.5. The molecule has 0 fully saturated rings. The third-order valence-corrected chi connectivity index (χ3v) is 2.76. The molecule has 0 heterocycles. The van der Waals surface area contributed by atoms with Crippen LogP contribution in [0, 0.1) is 0 Å². The van der Waals surface area contributed by atoms with Crippen LogP contribution in [-0.4, -0.2) is 23.0 Å². The Morgan fingerprint density at radius 1 is 1.00 bits per heavy atom. The van der Waals surface area contributed by atoms with Gasteiger partial charge in [-0.15, -0.1) is 0 Å². The summed E-state index contributed by atoms with van der Waals surface area (Å²) in [5, 5.41) is 11.4. The Morgan fingerprint density at radius 3 is 2.00 bits per heavy atom. The van der Waals surface area contributed by atoms with E-state index in [1.807, 2.05) is 0 Å². The highest BCUT2D eigenvalue weighted by atomic mass is 16.3. The summed E-state index contributed by atoms with van der Waals surface area (Å²) in [5.41, 5.74) is 3.22. The van der Waals surface area contributed by atoms with E-state index in [2.05, 4.69) is 29.6 Å². The Kier molecular flexibility index (Phi) is 4.27. The maximum atomic E-state index is 11.4. The van der Waals surface area contributed by atoms with Crippen molar-refractivity contribution in [3.63, 3.8) is 0 Å². The highest BCUT2D eigenvalue weighted by Crippen LogP contribution is 2.32. The third kappa shape index (κ3) is 3.76. The second kappa shape index (κ2) is 6.12. The minimum Gasteiger partial charge on any atom is -0.367 e. The maximum Gasteiger partial charge on any atom is 0.219 e. The molecule has 0 saturated carbocycles. The van der Waals surface area contributed by atoms with Crippen molar-refractivity contribution in [1.82, 2.24) is 5.32 Å². The largest absolute Gasteiger partial charge is 0.367 e. The fourth-order valence-corrected chi connectivity index (χ4v) is 1.69. The molecule has 4 heteroatoms. The normalized spacial score (nSPS) is 11.7. The first-order chi connectivity index (χ1) is 9.58.